The van der Waals surface area contributed by atoms with Crippen molar-refractivity contribution >= 4 is 9.84 Å². The molecule has 4 nitrogen and oxygen atoms in total. The number of aliphatic hydroxyl groups is 1. The van der Waals surface area contributed by atoms with Crippen LogP contribution in [0.5, 0.6) is 0 Å². The first-order valence-corrected chi connectivity index (χ1v) is 8.86. The Hall–Kier alpha value is -0.910. The van der Waals surface area contributed by atoms with Gasteiger partial charge in [-0.3, -0.25) is 4.90 Å². The van der Waals surface area contributed by atoms with Gasteiger partial charge in [-0.15, -0.1) is 0 Å². The van der Waals surface area contributed by atoms with E-state index in [1.54, 1.807) is 31.2 Å². The van der Waals surface area contributed by atoms with E-state index in [1.165, 1.54) is 0 Å². The number of likely N-dealkylation sites (tertiary alicyclic amines) is 1. The molecular formula is C15H23NO3S. The second-order valence-corrected chi connectivity index (χ2v) is 7.58. The van der Waals surface area contributed by atoms with Crippen molar-refractivity contribution in [2.45, 2.75) is 43.2 Å². The van der Waals surface area contributed by atoms with Crippen LogP contribution in [-0.4, -0.2) is 49.4 Å². The summed E-state index contributed by atoms with van der Waals surface area (Å²) < 4.78 is 24.5. The predicted octanol–water partition coefficient (Wildman–Crippen LogP) is 1.70. The number of hydrogen-bond acceptors (Lipinski definition) is 4. The first-order valence-electron chi connectivity index (χ1n) is 7.20. The van der Waals surface area contributed by atoms with Crippen molar-refractivity contribution in [3.63, 3.8) is 0 Å². The summed E-state index contributed by atoms with van der Waals surface area (Å²) in [5.41, 5.74) is 0. The van der Waals surface area contributed by atoms with Crippen LogP contribution in [0.15, 0.2) is 35.2 Å². The molecule has 112 valence electrons. The molecule has 1 heterocycles. The molecule has 0 radical (unpaired) electrons. The summed E-state index contributed by atoms with van der Waals surface area (Å²) >= 11 is 0. The summed E-state index contributed by atoms with van der Waals surface area (Å²) in [4.78, 5) is 2.50. The monoisotopic (exact) mass is 297 g/mol. The maximum Gasteiger partial charge on any atom is 0.179 e. The molecule has 5 heteroatoms. The molecular weight excluding hydrogens is 274 g/mol. The molecule has 0 bridgehead atoms. The van der Waals surface area contributed by atoms with Gasteiger partial charge < -0.3 is 5.11 Å². The highest BCUT2D eigenvalue weighted by Gasteiger charge is 2.27. The van der Waals surface area contributed by atoms with Crippen molar-refractivity contribution < 1.29 is 13.5 Å². The summed E-state index contributed by atoms with van der Waals surface area (Å²) in [5.74, 6) is 0.111. The lowest BCUT2D eigenvalue weighted by Crippen LogP contribution is -2.47. The quantitative estimate of drug-likeness (QED) is 0.898. The van der Waals surface area contributed by atoms with Gasteiger partial charge in [-0.25, -0.2) is 8.42 Å². The molecule has 1 aliphatic rings. The highest BCUT2D eigenvalue weighted by atomic mass is 32.2. The highest BCUT2D eigenvalue weighted by Crippen LogP contribution is 2.20. The third-order valence-electron chi connectivity index (χ3n) is 3.97. The average molecular weight is 297 g/mol. The van der Waals surface area contributed by atoms with Crippen LogP contribution in [0.2, 0.25) is 0 Å². The summed E-state index contributed by atoms with van der Waals surface area (Å²) in [6.45, 7) is 3.15. The molecule has 1 saturated heterocycles. The van der Waals surface area contributed by atoms with Crippen LogP contribution in [0.25, 0.3) is 0 Å². The first-order chi connectivity index (χ1) is 9.50. The van der Waals surface area contributed by atoms with E-state index in [0.717, 1.165) is 25.8 Å². The van der Waals surface area contributed by atoms with Crippen molar-refractivity contribution in [3.05, 3.63) is 30.3 Å². The van der Waals surface area contributed by atoms with Crippen LogP contribution < -0.4 is 0 Å². The zero-order valence-corrected chi connectivity index (χ0v) is 12.7. The SMILES string of the molecule is C[C@H](O)[C@H]1CCCCN1CCS(=O)(=O)c1ccccc1. The zero-order chi connectivity index (χ0) is 14.6. The molecule has 0 amide bonds. The average Bonchev–Trinajstić information content (AvgIpc) is 2.46. The minimum atomic E-state index is -3.23. The number of benzene rings is 1. The van der Waals surface area contributed by atoms with E-state index in [1.807, 2.05) is 6.07 Å². The lowest BCUT2D eigenvalue weighted by atomic mass is 9.98. The van der Waals surface area contributed by atoms with Gasteiger partial charge in [0.25, 0.3) is 0 Å². The Morgan fingerprint density at radius 3 is 2.65 bits per heavy atom. The number of hydrogen-bond donors (Lipinski definition) is 1. The molecule has 0 aliphatic carbocycles. The van der Waals surface area contributed by atoms with Gasteiger partial charge in [0, 0.05) is 12.6 Å². The minimum Gasteiger partial charge on any atom is -0.392 e. The zero-order valence-electron chi connectivity index (χ0n) is 11.9. The van der Waals surface area contributed by atoms with Crippen LogP contribution in [0.4, 0.5) is 0 Å². The molecule has 0 unspecified atom stereocenters. The Morgan fingerprint density at radius 1 is 1.30 bits per heavy atom. The van der Waals surface area contributed by atoms with Crippen molar-refractivity contribution in [1.29, 1.82) is 0 Å². The fraction of sp³-hybridized carbons (Fsp3) is 0.600. The molecule has 2 rings (SSSR count). The third-order valence-corrected chi connectivity index (χ3v) is 5.68. The second kappa shape index (κ2) is 6.70. The largest absolute Gasteiger partial charge is 0.392 e. The van der Waals surface area contributed by atoms with Crippen molar-refractivity contribution in [2.24, 2.45) is 0 Å². The number of rotatable bonds is 5. The van der Waals surface area contributed by atoms with Crippen molar-refractivity contribution in [3.8, 4) is 0 Å². The van der Waals surface area contributed by atoms with Crippen LogP contribution in [0.3, 0.4) is 0 Å². The summed E-state index contributed by atoms with van der Waals surface area (Å²) in [6.07, 6.45) is 2.73. The van der Waals surface area contributed by atoms with Crippen molar-refractivity contribution in [2.75, 3.05) is 18.8 Å². The molecule has 0 aromatic heterocycles. The molecule has 1 N–H and O–H groups in total. The van der Waals surface area contributed by atoms with Crippen LogP contribution in [-0.2, 0) is 9.84 Å². The number of piperidine rings is 1. The van der Waals surface area contributed by atoms with Gasteiger partial charge in [-0.05, 0) is 38.4 Å². The van der Waals surface area contributed by atoms with E-state index >= 15 is 0 Å². The molecule has 0 spiro atoms. The highest BCUT2D eigenvalue weighted by molar-refractivity contribution is 7.91. The van der Waals surface area contributed by atoms with E-state index in [4.69, 9.17) is 0 Å². The molecule has 1 aliphatic heterocycles. The van der Waals surface area contributed by atoms with E-state index in [2.05, 4.69) is 4.90 Å². The Bertz CT molecular complexity index is 513. The standard InChI is InChI=1S/C15H23NO3S/c1-13(17)15-9-5-6-10-16(15)11-12-20(18,19)14-7-3-2-4-8-14/h2-4,7-8,13,15,17H,5-6,9-12H2,1H3/t13-,15+/m0/s1. The number of aliphatic hydroxyl groups excluding tert-OH is 1. The Labute approximate surface area is 121 Å². The van der Waals surface area contributed by atoms with E-state index < -0.39 is 15.9 Å². The van der Waals surface area contributed by atoms with E-state index in [9.17, 15) is 13.5 Å². The van der Waals surface area contributed by atoms with Gasteiger partial charge in [-0.1, -0.05) is 24.6 Å². The second-order valence-electron chi connectivity index (χ2n) is 5.47. The summed E-state index contributed by atoms with van der Waals surface area (Å²) in [7, 11) is -3.23. The van der Waals surface area contributed by atoms with E-state index in [0.29, 0.717) is 11.4 Å². The molecule has 2 atom stereocenters. The normalized spacial score (nSPS) is 22.6. The lowest BCUT2D eigenvalue weighted by Gasteiger charge is -2.37. The fourth-order valence-corrected chi connectivity index (χ4v) is 4.11. The Morgan fingerprint density at radius 2 is 2.00 bits per heavy atom. The minimum absolute atomic E-state index is 0.0923. The predicted molar refractivity (Wildman–Crippen MR) is 79.4 cm³/mol. The molecule has 1 aromatic rings. The maximum atomic E-state index is 12.3. The Balaban J connectivity index is 2.00. The van der Waals surface area contributed by atoms with Crippen molar-refractivity contribution in [1.82, 2.24) is 4.90 Å². The van der Waals surface area contributed by atoms with Crippen LogP contribution in [0.1, 0.15) is 26.2 Å². The first kappa shape index (κ1) is 15.5. The van der Waals surface area contributed by atoms with Crippen LogP contribution in [0, 0.1) is 0 Å². The molecule has 20 heavy (non-hydrogen) atoms. The fourth-order valence-electron chi connectivity index (χ4n) is 2.82. The van der Waals surface area contributed by atoms with Gasteiger partial charge in [0.2, 0.25) is 0 Å². The number of nitrogens with zero attached hydrogens (tertiary/aromatic N) is 1. The summed E-state index contributed by atoms with van der Waals surface area (Å²) in [5, 5.41) is 9.80. The lowest BCUT2D eigenvalue weighted by molar-refractivity contribution is 0.0403. The molecule has 1 aromatic carbocycles. The van der Waals surface area contributed by atoms with Gasteiger partial charge in [0.1, 0.15) is 0 Å². The topological polar surface area (TPSA) is 57.6 Å². The van der Waals surface area contributed by atoms with Gasteiger partial charge >= 0.3 is 0 Å². The summed E-state index contributed by atoms with van der Waals surface area (Å²) in [6, 6.07) is 8.66. The Kier molecular flexibility index (Phi) is 5.18. The van der Waals surface area contributed by atoms with Gasteiger partial charge in [-0.2, -0.15) is 0 Å². The van der Waals surface area contributed by atoms with Crippen LogP contribution >= 0.6 is 0 Å². The smallest absolute Gasteiger partial charge is 0.179 e. The van der Waals surface area contributed by atoms with Gasteiger partial charge in [0.15, 0.2) is 9.84 Å². The molecule has 1 fully saturated rings. The number of sulfone groups is 1. The third kappa shape index (κ3) is 3.81. The van der Waals surface area contributed by atoms with Gasteiger partial charge in [0.05, 0.1) is 16.8 Å². The van der Waals surface area contributed by atoms with E-state index in [-0.39, 0.29) is 11.8 Å². The maximum absolute atomic E-state index is 12.3. The molecule has 0 saturated carbocycles.